The summed E-state index contributed by atoms with van der Waals surface area (Å²) in [5.41, 5.74) is 4.37. The first kappa shape index (κ1) is 16.7. The van der Waals surface area contributed by atoms with Crippen LogP contribution in [0.1, 0.15) is 34.8 Å². The van der Waals surface area contributed by atoms with Gasteiger partial charge in [0.15, 0.2) is 0 Å². The Kier molecular flexibility index (Phi) is 4.43. The lowest BCUT2D eigenvalue weighted by molar-refractivity contribution is 0.217. The summed E-state index contributed by atoms with van der Waals surface area (Å²) in [7, 11) is 0. The summed E-state index contributed by atoms with van der Waals surface area (Å²) in [4.78, 5) is 2.39. The molecule has 0 bridgehead atoms. The van der Waals surface area contributed by atoms with Gasteiger partial charge in [0.25, 0.3) is 0 Å². The van der Waals surface area contributed by atoms with Crippen LogP contribution in [-0.4, -0.2) is 26.2 Å². The molecule has 1 aromatic heterocycles. The summed E-state index contributed by atoms with van der Waals surface area (Å²) in [5.74, 6) is 0.619. The molecule has 1 aliphatic rings. The number of fused-ring (bicyclic) bond motifs is 1. The monoisotopic (exact) mass is 348 g/mol. The van der Waals surface area contributed by atoms with Crippen molar-refractivity contribution in [2.45, 2.75) is 32.5 Å². The van der Waals surface area contributed by atoms with E-state index in [4.69, 9.17) is 0 Å². The lowest BCUT2D eigenvalue weighted by Crippen LogP contribution is -2.29. The maximum atomic E-state index is 10.3. The van der Waals surface area contributed by atoms with Gasteiger partial charge in [-0.25, -0.2) is 0 Å². The third kappa shape index (κ3) is 3.20. The van der Waals surface area contributed by atoms with Crippen molar-refractivity contribution in [2.24, 2.45) is 0 Å². The van der Waals surface area contributed by atoms with Gasteiger partial charge in [-0.05, 0) is 49.2 Å². The summed E-state index contributed by atoms with van der Waals surface area (Å²) < 4.78 is 2.30. The van der Waals surface area contributed by atoms with Crippen LogP contribution >= 0.6 is 0 Å². The van der Waals surface area contributed by atoms with Gasteiger partial charge in [-0.2, -0.15) is 0 Å². The molecular weight excluding hydrogens is 324 g/mol. The van der Waals surface area contributed by atoms with Crippen molar-refractivity contribution >= 4 is 0 Å². The van der Waals surface area contributed by atoms with Crippen LogP contribution in [0.15, 0.2) is 60.8 Å². The van der Waals surface area contributed by atoms with E-state index in [0.29, 0.717) is 12.3 Å². The highest BCUT2D eigenvalue weighted by Gasteiger charge is 2.28. The lowest BCUT2D eigenvalue weighted by Gasteiger charge is -2.31. The van der Waals surface area contributed by atoms with Crippen molar-refractivity contribution in [3.05, 3.63) is 83.2 Å². The second-order valence-electron chi connectivity index (χ2n) is 7.08. The third-order valence-corrected chi connectivity index (χ3v) is 5.15. The minimum atomic E-state index is 0.0412. The molecule has 0 spiro atoms. The molecule has 4 heteroatoms. The predicted molar refractivity (Wildman–Crippen MR) is 102 cm³/mol. The molecule has 0 unspecified atom stereocenters. The first-order chi connectivity index (χ1) is 12.6. The molecule has 0 saturated carbocycles. The standard InChI is InChI=1S/C22H24N2O2/c1-16-8-9-21(26)18(13-16)15-24-12-4-11-23-10-3-7-20(23)22(24)17-5-2-6-19(25)14-17/h2-3,5-10,13-14,22,25-26H,4,11-12,15H2,1H3/t22-/m0/s1. The summed E-state index contributed by atoms with van der Waals surface area (Å²) >= 11 is 0. The smallest absolute Gasteiger partial charge is 0.120 e. The number of nitrogens with zero attached hydrogens (tertiary/aromatic N) is 2. The van der Waals surface area contributed by atoms with Gasteiger partial charge < -0.3 is 14.8 Å². The molecular formula is C22H24N2O2. The Hall–Kier alpha value is -2.72. The molecule has 0 amide bonds. The van der Waals surface area contributed by atoms with E-state index >= 15 is 0 Å². The quantitative estimate of drug-likeness (QED) is 0.746. The highest BCUT2D eigenvalue weighted by Crippen LogP contribution is 2.35. The highest BCUT2D eigenvalue weighted by atomic mass is 16.3. The second-order valence-corrected chi connectivity index (χ2v) is 7.08. The van der Waals surface area contributed by atoms with Gasteiger partial charge >= 0.3 is 0 Å². The van der Waals surface area contributed by atoms with Crippen LogP contribution in [0.4, 0.5) is 0 Å². The first-order valence-corrected chi connectivity index (χ1v) is 9.08. The maximum absolute atomic E-state index is 10.3. The predicted octanol–water partition coefficient (Wildman–Crippen LogP) is 4.20. The Labute approximate surface area is 153 Å². The molecule has 2 heterocycles. The Bertz CT molecular complexity index is 916. The van der Waals surface area contributed by atoms with E-state index in [0.717, 1.165) is 36.2 Å². The number of hydrogen-bond acceptors (Lipinski definition) is 3. The number of aromatic hydroxyl groups is 2. The molecule has 0 aliphatic carbocycles. The lowest BCUT2D eigenvalue weighted by atomic mass is 10.00. The van der Waals surface area contributed by atoms with E-state index in [-0.39, 0.29) is 11.8 Å². The zero-order chi connectivity index (χ0) is 18.1. The average Bonchev–Trinajstić information content (AvgIpc) is 2.99. The largest absolute Gasteiger partial charge is 0.508 e. The Morgan fingerprint density at radius 1 is 1.00 bits per heavy atom. The minimum absolute atomic E-state index is 0.0412. The molecule has 2 aromatic carbocycles. The molecule has 1 atom stereocenters. The fourth-order valence-electron chi connectivity index (χ4n) is 3.95. The zero-order valence-electron chi connectivity index (χ0n) is 15.0. The van der Waals surface area contributed by atoms with Gasteiger partial charge in [-0.15, -0.1) is 0 Å². The van der Waals surface area contributed by atoms with Crippen molar-refractivity contribution in [3.8, 4) is 11.5 Å². The molecule has 134 valence electrons. The Morgan fingerprint density at radius 2 is 1.88 bits per heavy atom. The molecule has 0 saturated heterocycles. The van der Waals surface area contributed by atoms with Crippen LogP contribution in [0, 0.1) is 6.92 Å². The number of phenols is 2. The number of aryl methyl sites for hydroxylation is 2. The molecule has 1 aliphatic heterocycles. The Balaban J connectivity index is 1.77. The second kappa shape index (κ2) is 6.89. The van der Waals surface area contributed by atoms with E-state index in [2.05, 4.69) is 39.9 Å². The fourth-order valence-corrected chi connectivity index (χ4v) is 3.95. The molecule has 4 nitrogen and oxygen atoms in total. The van der Waals surface area contributed by atoms with E-state index < -0.39 is 0 Å². The molecule has 0 radical (unpaired) electrons. The fraction of sp³-hybridized carbons (Fsp3) is 0.273. The molecule has 0 fully saturated rings. The summed E-state index contributed by atoms with van der Waals surface area (Å²) in [5, 5.41) is 20.3. The molecule has 4 rings (SSSR count). The van der Waals surface area contributed by atoms with Crippen LogP contribution in [0.5, 0.6) is 11.5 Å². The molecule has 26 heavy (non-hydrogen) atoms. The zero-order valence-corrected chi connectivity index (χ0v) is 15.0. The number of rotatable bonds is 3. The van der Waals surface area contributed by atoms with Gasteiger partial charge in [0.05, 0.1) is 6.04 Å². The normalized spacial score (nSPS) is 17.7. The van der Waals surface area contributed by atoms with Gasteiger partial charge in [0, 0.05) is 37.1 Å². The van der Waals surface area contributed by atoms with Gasteiger partial charge in [0.2, 0.25) is 0 Å². The van der Waals surface area contributed by atoms with Crippen LogP contribution < -0.4 is 0 Å². The van der Waals surface area contributed by atoms with E-state index in [9.17, 15) is 10.2 Å². The van der Waals surface area contributed by atoms with Gasteiger partial charge in [-0.1, -0.05) is 29.8 Å². The summed E-state index contributed by atoms with van der Waals surface area (Å²) in [6, 6.07) is 17.5. The van der Waals surface area contributed by atoms with E-state index in [1.165, 1.54) is 5.69 Å². The minimum Gasteiger partial charge on any atom is -0.508 e. The van der Waals surface area contributed by atoms with Gasteiger partial charge in [-0.3, -0.25) is 4.90 Å². The average molecular weight is 348 g/mol. The summed E-state index contributed by atoms with van der Waals surface area (Å²) in [6.45, 7) is 4.62. The topological polar surface area (TPSA) is 48.6 Å². The van der Waals surface area contributed by atoms with Crippen LogP contribution in [-0.2, 0) is 13.1 Å². The molecule has 2 N–H and O–H groups in total. The number of benzene rings is 2. The maximum Gasteiger partial charge on any atom is 0.120 e. The van der Waals surface area contributed by atoms with E-state index in [1.54, 1.807) is 12.1 Å². The number of phenolic OH excluding ortho intramolecular Hbond substituents is 2. The van der Waals surface area contributed by atoms with Crippen molar-refractivity contribution in [1.82, 2.24) is 9.47 Å². The van der Waals surface area contributed by atoms with Crippen molar-refractivity contribution in [2.75, 3.05) is 6.54 Å². The van der Waals surface area contributed by atoms with Crippen molar-refractivity contribution in [1.29, 1.82) is 0 Å². The number of hydrogen-bond donors (Lipinski definition) is 2. The summed E-state index contributed by atoms with van der Waals surface area (Å²) in [6.07, 6.45) is 3.17. The Morgan fingerprint density at radius 3 is 2.73 bits per heavy atom. The van der Waals surface area contributed by atoms with E-state index in [1.807, 2.05) is 25.1 Å². The van der Waals surface area contributed by atoms with Crippen molar-refractivity contribution in [3.63, 3.8) is 0 Å². The van der Waals surface area contributed by atoms with Crippen LogP contribution in [0.3, 0.4) is 0 Å². The van der Waals surface area contributed by atoms with Crippen molar-refractivity contribution < 1.29 is 10.2 Å². The van der Waals surface area contributed by atoms with Crippen LogP contribution in [0.2, 0.25) is 0 Å². The molecule has 3 aromatic rings. The highest BCUT2D eigenvalue weighted by molar-refractivity contribution is 5.38. The van der Waals surface area contributed by atoms with Gasteiger partial charge in [0.1, 0.15) is 11.5 Å². The van der Waals surface area contributed by atoms with Crippen LogP contribution in [0.25, 0.3) is 0 Å². The third-order valence-electron chi connectivity index (χ3n) is 5.15. The first-order valence-electron chi connectivity index (χ1n) is 9.08. The SMILES string of the molecule is Cc1ccc(O)c(CN2CCCn3cccc3[C@@H]2c2cccc(O)c2)c1. The number of aromatic nitrogens is 1.